The first-order valence-corrected chi connectivity index (χ1v) is 12.3. The van der Waals surface area contributed by atoms with Gasteiger partial charge in [-0.1, -0.05) is 29.8 Å². The number of benzene rings is 3. The van der Waals surface area contributed by atoms with Crippen LogP contribution >= 0.6 is 11.6 Å². The van der Waals surface area contributed by atoms with Gasteiger partial charge in [-0.2, -0.15) is 0 Å². The van der Waals surface area contributed by atoms with Crippen LogP contribution < -0.4 is 16.2 Å². The molecule has 1 aliphatic heterocycles. The number of hydrogen-bond donors (Lipinski definition) is 2. The van der Waals surface area contributed by atoms with Crippen molar-refractivity contribution in [2.75, 3.05) is 24.3 Å². The third-order valence-electron chi connectivity index (χ3n) is 6.53. The molecule has 2 heterocycles. The smallest absolute Gasteiger partial charge is 0.322 e. The first-order valence-electron chi connectivity index (χ1n) is 11.9. The standard InChI is InChI=1S/C28H24ClFN4O4/c1-38-21-15-25(33(16-21)28(37)31-19-9-7-18(29)8-10-19)27(36)32-23-12-11-20(14-22(23)30)34-24-5-3-2-4-17(24)6-13-26(34)35/h2-14,21,25H,15-16H2,1H3,(H,31,37)(H,32,36)/t21-,25-/m1/s1. The van der Waals surface area contributed by atoms with E-state index in [1.807, 2.05) is 12.1 Å². The van der Waals surface area contributed by atoms with E-state index in [1.165, 1.54) is 34.8 Å². The third-order valence-corrected chi connectivity index (χ3v) is 6.78. The molecule has 1 fully saturated rings. The lowest BCUT2D eigenvalue weighted by Gasteiger charge is -2.24. The van der Waals surface area contributed by atoms with E-state index < -0.39 is 23.8 Å². The number of methoxy groups -OCH3 is 1. The van der Waals surface area contributed by atoms with Gasteiger partial charge in [0.1, 0.15) is 11.9 Å². The van der Waals surface area contributed by atoms with Crippen molar-refractivity contribution in [3.8, 4) is 5.69 Å². The lowest BCUT2D eigenvalue weighted by Crippen LogP contribution is -2.45. The van der Waals surface area contributed by atoms with Gasteiger partial charge in [0.25, 0.3) is 5.56 Å². The zero-order valence-electron chi connectivity index (χ0n) is 20.4. The van der Waals surface area contributed by atoms with Crippen LogP contribution in [0.2, 0.25) is 5.02 Å². The fraction of sp³-hybridized carbons (Fsp3) is 0.179. The molecule has 194 valence electrons. The molecule has 0 unspecified atom stereocenters. The molecule has 38 heavy (non-hydrogen) atoms. The minimum atomic E-state index is -0.882. The van der Waals surface area contributed by atoms with Crippen molar-refractivity contribution >= 4 is 45.8 Å². The van der Waals surface area contributed by atoms with Crippen molar-refractivity contribution in [3.05, 3.63) is 100 Å². The summed E-state index contributed by atoms with van der Waals surface area (Å²) >= 11 is 5.91. The molecule has 2 atom stereocenters. The number of nitrogens with one attached hydrogen (secondary N) is 2. The Hall–Kier alpha value is -4.21. The number of rotatable bonds is 5. The summed E-state index contributed by atoms with van der Waals surface area (Å²) in [7, 11) is 1.51. The molecule has 3 amide bonds. The number of anilines is 2. The highest BCUT2D eigenvalue weighted by molar-refractivity contribution is 6.30. The molecule has 0 bridgehead atoms. The lowest BCUT2D eigenvalue weighted by molar-refractivity contribution is -0.119. The summed E-state index contributed by atoms with van der Waals surface area (Å²) in [6.07, 6.45) is -0.103. The first kappa shape index (κ1) is 25.4. The van der Waals surface area contributed by atoms with Crippen LogP contribution in [0.15, 0.2) is 83.7 Å². The molecule has 5 rings (SSSR count). The maximum absolute atomic E-state index is 15.2. The monoisotopic (exact) mass is 534 g/mol. The van der Waals surface area contributed by atoms with Crippen molar-refractivity contribution in [1.82, 2.24) is 9.47 Å². The number of likely N-dealkylation sites (tertiary alicyclic amines) is 1. The molecule has 1 aromatic heterocycles. The molecule has 1 saturated heterocycles. The number of urea groups is 1. The Morgan fingerprint density at radius 3 is 2.50 bits per heavy atom. The second-order valence-electron chi connectivity index (χ2n) is 8.92. The van der Waals surface area contributed by atoms with Crippen LogP contribution in [0.4, 0.5) is 20.6 Å². The fourth-order valence-electron chi connectivity index (χ4n) is 4.58. The highest BCUT2D eigenvalue weighted by Gasteiger charge is 2.40. The van der Waals surface area contributed by atoms with Crippen LogP contribution in [-0.4, -0.2) is 47.2 Å². The average Bonchev–Trinajstić information content (AvgIpc) is 3.36. The molecule has 1 aliphatic rings. The maximum Gasteiger partial charge on any atom is 0.322 e. The minimum absolute atomic E-state index is 0.0639. The van der Waals surface area contributed by atoms with Gasteiger partial charge < -0.3 is 20.3 Å². The number of halogens is 2. The number of pyridine rings is 1. The van der Waals surface area contributed by atoms with E-state index in [1.54, 1.807) is 48.5 Å². The van der Waals surface area contributed by atoms with Gasteiger partial charge in [-0.05, 0) is 53.9 Å². The second kappa shape index (κ2) is 10.6. The Balaban J connectivity index is 1.36. The number of aromatic nitrogens is 1. The highest BCUT2D eigenvalue weighted by atomic mass is 35.5. The molecule has 10 heteroatoms. The van der Waals surface area contributed by atoms with Crippen molar-refractivity contribution in [1.29, 1.82) is 0 Å². The molecule has 0 radical (unpaired) electrons. The van der Waals surface area contributed by atoms with Gasteiger partial charge in [-0.25, -0.2) is 9.18 Å². The summed E-state index contributed by atoms with van der Waals surface area (Å²) in [5.41, 5.74) is 1.11. The minimum Gasteiger partial charge on any atom is -0.380 e. The Kier molecular flexibility index (Phi) is 7.13. The number of carbonyl (C=O) groups excluding carboxylic acids is 2. The van der Waals surface area contributed by atoms with Crippen molar-refractivity contribution in [3.63, 3.8) is 0 Å². The largest absolute Gasteiger partial charge is 0.380 e. The maximum atomic E-state index is 15.2. The van der Waals surface area contributed by atoms with Gasteiger partial charge in [-0.15, -0.1) is 0 Å². The Bertz CT molecular complexity index is 1570. The number of para-hydroxylation sites is 1. The molecule has 0 saturated carbocycles. The summed E-state index contributed by atoms with van der Waals surface area (Å²) < 4.78 is 22.0. The van der Waals surface area contributed by atoms with Crippen LogP contribution in [0.5, 0.6) is 0 Å². The Morgan fingerprint density at radius 2 is 1.76 bits per heavy atom. The van der Waals surface area contributed by atoms with Gasteiger partial charge in [0.05, 0.1) is 23.0 Å². The number of amides is 3. The Labute approximate surface area is 222 Å². The average molecular weight is 535 g/mol. The summed E-state index contributed by atoms with van der Waals surface area (Å²) in [5.74, 6) is -1.26. The summed E-state index contributed by atoms with van der Waals surface area (Å²) in [6.45, 7) is 0.194. The summed E-state index contributed by atoms with van der Waals surface area (Å²) in [6, 6.07) is 19.8. The predicted molar refractivity (Wildman–Crippen MR) is 145 cm³/mol. The van der Waals surface area contributed by atoms with E-state index in [2.05, 4.69) is 10.6 Å². The summed E-state index contributed by atoms with van der Waals surface area (Å²) in [4.78, 5) is 40.1. The van der Waals surface area contributed by atoms with E-state index in [-0.39, 0.29) is 30.3 Å². The van der Waals surface area contributed by atoms with Crippen molar-refractivity contribution < 1.29 is 18.7 Å². The van der Waals surface area contributed by atoms with Crippen LogP contribution in [0.25, 0.3) is 16.6 Å². The number of hydrogen-bond acceptors (Lipinski definition) is 4. The van der Waals surface area contributed by atoms with Crippen molar-refractivity contribution in [2.24, 2.45) is 0 Å². The molecular weight excluding hydrogens is 511 g/mol. The summed E-state index contributed by atoms with van der Waals surface area (Å²) in [5, 5.41) is 6.69. The topological polar surface area (TPSA) is 92.7 Å². The van der Waals surface area contributed by atoms with E-state index in [9.17, 15) is 14.4 Å². The molecule has 0 spiro atoms. The normalized spacial score (nSPS) is 17.0. The zero-order chi connectivity index (χ0) is 26.8. The lowest BCUT2D eigenvalue weighted by atomic mass is 10.1. The van der Waals surface area contributed by atoms with Crippen LogP contribution in [0, 0.1) is 5.82 Å². The second-order valence-corrected chi connectivity index (χ2v) is 9.35. The van der Waals surface area contributed by atoms with Gasteiger partial charge in [-0.3, -0.25) is 14.2 Å². The van der Waals surface area contributed by atoms with Gasteiger partial charge in [0.2, 0.25) is 5.91 Å². The zero-order valence-corrected chi connectivity index (χ0v) is 21.1. The Morgan fingerprint density at radius 1 is 1.00 bits per heavy atom. The molecular formula is C28H24ClFN4O4. The molecule has 0 aliphatic carbocycles. The number of nitrogens with zero attached hydrogens (tertiary/aromatic N) is 2. The third kappa shape index (κ3) is 5.11. The van der Waals surface area contributed by atoms with Gasteiger partial charge in [0, 0.05) is 42.9 Å². The first-order chi connectivity index (χ1) is 18.3. The molecule has 4 aromatic rings. The molecule has 2 N–H and O–H groups in total. The number of carbonyl (C=O) groups is 2. The van der Waals surface area contributed by atoms with Crippen molar-refractivity contribution in [2.45, 2.75) is 18.6 Å². The van der Waals surface area contributed by atoms with E-state index in [0.717, 1.165) is 5.39 Å². The van der Waals surface area contributed by atoms with Crippen LogP contribution in [0.3, 0.4) is 0 Å². The van der Waals surface area contributed by atoms with Crippen LogP contribution in [0.1, 0.15) is 6.42 Å². The highest BCUT2D eigenvalue weighted by Crippen LogP contribution is 2.26. The number of ether oxygens (including phenoxy) is 1. The van der Waals surface area contributed by atoms with E-state index >= 15 is 4.39 Å². The predicted octanol–water partition coefficient (Wildman–Crippen LogP) is 5.04. The fourth-order valence-corrected chi connectivity index (χ4v) is 4.71. The van der Waals surface area contributed by atoms with Gasteiger partial charge in [0.15, 0.2) is 0 Å². The van der Waals surface area contributed by atoms with Gasteiger partial charge >= 0.3 is 6.03 Å². The van der Waals surface area contributed by atoms with E-state index in [0.29, 0.717) is 21.9 Å². The quantitative estimate of drug-likeness (QED) is 0.375. The van der Waals surface area contributed by atoms with Crippen LogP contribution in [-0.2, 0) is 9.53 Å². The molecule has 3 aromatic carbocycles. The SMILES string of the molecule is CO[C@@H]1C[C@H](C(=O)Nc2ccc(-n3c(=O)ccc4ccccc43)cc2F)N(C(=O)Nc2ccc(Cl)cc2)C1. The molecule has 8 nitrogen and oxygen atoms in total. The number of fused-ring (bicyclic) bond motifs is 1. The van der Waals surface area contributed by atoms with E-state index in [4.69, 9.17) is 16.3 Å².